The zero-order valence-electron chi connectivity index (χ0n) is 34.8. The molecule has 0 bridgehead atoms. The predicted octanol–water partition coefficient (Wildman–Crippen LogP) is 7.49. The Balaban J connectivity index is 0.000000250. The Kier molecular flexibility index (Phi) is 18.8. The number of hydrogen-bond acceptors (Lipinski definition) is 20. The summed E-state index contributed by atoms with van der Waals surface area (Å²) in [7, 11) is -7.48. The van der Waals surface area contributed by atoms with E-state index in [4.69, 9.17) is 46.1 Å². The smallest absolute Gasteiger partial charge is 0.264 e. The number of sulfonamides is 2. The second kappa shape index (κ2) is 24.2. The molecule has 4 aromatic heterocycles. The zero-order chi connectivity index (χ0) is 48.1. The molecular formula is C42H45ClF2N14O8S2. The molecule has 0 radical (unpaired) electrons. The fourth-order valence-electron chi connectivity index (χ4n) is 5.15. The van der Waals surface area contributed by atoms with Gasteiger partial charge in [0.05, 0.1) is 22.2 Å². The summed E-state index contributed by atoms with van der Waals surface area (Å²) >= 11 is 5.64. The fraction of sp³-hybridized carbons (Fsp3) is 0.143. The number of hydrogen-bond donors (Lipinski definition) is 6. The standard InChI is InChI=1S/C20H18FN7O4S.C14H11ClFN5O2.C6H8N2O2S.2CH4/c1-12-24-18(32-28-12)11-31-15-7-5-13(6-8-15)25-19-17(21)10-23-20(27-19)26-14-3-2-4-16(9-14)33(22,29)30;1-8-18-12(23-21-8)7-22-10-4-2-9(3-5-10)19-13-11(16)6-17-14(15)20-13;7-5-2-1-3-6(4-5)11(8,9)10;;/h2-10H,11H2,1H3,(H2,22,29,30)(H2,23,25,26,27);2-6H,7H2,1H3,(H,17,19,20);1-4H,7H2,(H2,8,9,10);2*1H4. The van der Waals surface area contributed by atoms with Gasteiger partial charge >= 0.3 is 0 Å². The maximum atomic E-state index is 14.2. The van der Waals surface area contributed by atoms with Crippen molar-refractivity contribution in [2.24, 2.45) is 10.3 Å². The van der Waals surface area contributed by atoms with Crippen LogP contribution >= 0.6 is 11.6 Å². The maximum Gasteiger partial charge on any atom is 0.264 e. The van der Waals surface area contributed by atoms with Gasteiger partial charge in [0.25, 0.3) is 11.8 Å². The van der Waals surface area contributed by atoms with Gasteiger partial charge in [-0.1, -0.05) is 37.3 Å². The van der Waals surface area contributed by atoms with Gasteiger partial charge in [0.1, 0.15) is 11.5 Å². The third kappa shape index (κ3) is 16.7. The average Bonchev–Trinajstić information content (AvgIpc) is 3.92. The number of aromatic nitrogens is 8. The van der Waals surface area contributed by atoms with Crippen LogP contribution in [0.3, 0.4) is 0 Å². The Morgan fingerprint density at radius 1 is 0.609 bits per heavy atom. The van der Waals surface area contributed by atoms with Gasteiger partial charge in [-0.15, -0.1) is 0 Å². The first-order valence-corrected chi connectivity index (χ1v) is 22.4. The first-order valence-electron chi connectivity index (χ1n) is 18.9. The fourth-order valence-corrected chi connectivity index (χ4v) is 6.41. The van der Waals surface area contributed by atoms with Crippen LogP contribution < -0.4 is 41.4 Å². The third-order valence-corrected chi connectivity index (χ3v) is 10.2. The van der Waals surface area contributed by atoms with Crippen LogP contribution in [-0.2, 0) is 33.3 Å². The Hall–Kier alpha value is -7.91. The summed E-state index contributed by atoms with van der Waals surface area (Å²) < 4.78 is 93.3. The topological polar surface area (TPSA) is 330 Å². The molecule has 69 heavy (non-hydrogen) atoms. The van der Waals surface area contributed by atoms with Gasteiger partial charge in [-0.2, -0.15) is 19.9 Å². The molecule has 8 aromatic rings. The number of nitrogens with two attached hydrogens (primary N) is 3. The van der Waals surface area contributed by atoms with Crippen molar-refractivity contribution in [1.29, 1.82) is 0 Å². The van der Waals surface area contributed by atoms with Gasteiger partial charge in [-0.05, 0) is 110 Å². The Morgan fingerprint density at radius 3 is 1.52 bits per heavy atom. The second-order valence-corrected chi connectivity index (χ2v) is 16.8. The van der Waals surface area contributed by atoms with E-state index in [2.05, 4.69) is 56.2 Å². The molecule has 0 unspecified atom stereocenters. The lowest BCUT2D eigenvalue weighted by atomic mass is 10.3. The molecule has 22 nitrogen and oxygen atoms in total. The molecule has 0 aliphatic heterocycles. The van der Waals surface area contributed by atoms with E-state index in [9.17, 15) is 25.6 Å². The van der Waals surface area contributed by atoms with Crippen molar-refractivity contribution in [2.75, 3.05) is 21.7 Å². The van der Waals surface area contributed by atoms with Crippen LogP contribution in [-0.4, -0.2) is 57.1 Å². The minimum Gasteiger partial charge on any atom is -0.484 e. The van der Waals surface area contributed by atoms with Crippen LogP contribution in [0.4, 0.5) is 49.1 Å². The summed E-state index contributed by atoms with van der Waals surface area (Å²) in [5, 5.41) is 25.8. The van der Waals surface area contributed by atoms with Crippen molar-refractivity contribution in [3.05, 3.63) is 150 Å². The molecule has 0 saturated carbocycles. The quantitative estimate of drug-likeness (QED) is 0.0453. The van der Waals surface area contributed by atoms with Gasteiger partial charge in [0.15, 0.2) is 48.1 Å². The van der Waals surface area contributed by atoms with Crippen molar-refractivity contribution >= 4 is 72.0 Å². The molecule has 364 valence electrons. The summed E-state index contributed by atoms with van der Waals surface area (Å²) in [5.41, 5.74) is 7.27. The number of halogens is 3. The van der Waals surface area contributed by atoms with E-state index in [1.54, 1.807) is 74.5 Å². The lowest BCUT2D eigenvalue weighted by Crippen LogP contribution is -2.12. The van der Waals surface area contributed by atoms with Gasteiger partial charge in [-0.25, -0.2) is 45.9 Å². The van der Waals surface area contributed by atoms with E-state index in [1.165, 1.54) is 36.4 Å². The van der Waals surface area contributed by atoms with Crippen molar-refractivity contribution in [3.63, 3.8) is 0 Å². The summed E-state index contributed by atoms with van der Waals surface area (Å²) in [4.78, 5) is 23.4. The number of primary sulfonamides is 2. The van der Waals surface area contributed by atoms with Crippen molar-refractivity contribution in [2.45, 2.75) is 51.7 Å². The highest BCUT2D eigenvalue weighted by atomic mass is 35.5. The van der Waals surface area contributed by atoms with E-state index < -0.39 is 31.7 Å². The molecule has 0 aliphatic rings. The number of rotatable bonds is 14. The van der Waals surface area contributed by atoms with Gasteiger partial charge < -0.3 is 40.2 Å². The van der Waals surface area contributed by atoms with Crippen LogP contribution in [0, 0.1) is 25.5 Å². The van der Waals surface area contributed by atoms with Crippen molar-refractivity contribution in [3.8, 4) is 11.5 Å². The number of nitrogens with one attached hydrogen (secondary N) is 3. The van der Waals surface area contributed by atoms with E-state index in [-0.39, 0.29) is 60.7 Å². The molecule has 4 aromatic carbocycles. The van der Waals surface area contributed by atoms with E-state index in [0.29, 0.717) is 57.7 Å². The number of benzene rings is 4. The largest absolute Gasteiger partial charge is 0.484 e. The van der Waals surface area contributed by atoms with Crippen molar-refractivity contribution < 1.29 is 44.1 Å². The van der Waals surface area contributed by atoms with Crippen LogP contribution in [0.2, 0.25) is 5.28 Å². The molecule has 0 fully saturated rings. The highest BCUT2D eigenvalue weighted by Gasteiger charge is 2.13. The highest BCUT2D eigenvalue weighted by Crippen LogP contribution is 2.25. The molecule has 9 N–H and O–H groups in total. The minimum absolute atomic E-state index is 0. The van der Waals surface area contributed by atoms with Crippen LogP contribution in [0.5, 0.6) is 11.5 Å². The lowest BCUT2D eigenvalue weighted by Gasteiger charge is -2.11. The molecule has 4 heterocycles. The first-order chi connectivity index (χ1) is 31.9. The normalized spacial score (nSPS) is 10.7. The average molecular weight is 1010 g/mol. The zero-order valence-corrected chi connectivity index (χ0v) is 37.2. The summed E-state index contributed by atoms with van der Waals surface area (Å²) in [5.74, 6) is 1.68. The number of nitrogens with zero attached hydrogens (tertiary/aromatic N) is 8. The van der Waals surface area contributed by atoms with Gasteiger partial charge in [-0.3, -0.25) is 0 Å². The first kappa shape index (κ1) is 53.7. The van der Waals surface area contributed by atoms with Crippen LogP contribution in [0.1, 0.15) is 38.3 Å². The lowest BCUT2D eigenvalue weighted by molar-refractivity contribution is 0.242. The number of ether oxygens (including phenoxy) is 2. The highest BCUT2D eigenvalue weighted by molar-refractivity contribution is 7.89. The van der Waals surface area contributed by atoms with E-state index >= 15 is 0 Å². The second-order valence-electron chi connectivity index (χ2n) is 13.4. The van der Waals surface area contributed by atoms with Gasteiger partial charge in [0.2, 0.25) is 31.3 Å². The van der Waals surface area contributed by atoms with Crippen LogP contribution in [0.15, 0.2) is 128 Å². The minimum atomic E-state index is -3.87. The number of nitrogen functional groups attached to an aromatic ring is 1. The van der Waals surface area contributed by atoms with Crippen molar-refractivity contribution in [1.82, 2.24) is 40.2 Å². The van der Waals surface area contributed by atoms with E-state index in [1.807, 2.05) is 0 Å². The molecule has 0 atom stereocenters. The van der Waals surface area contributed by atoms with Gasteiger partial charge in [0, 0.05) is 22.7 Å². The van der Waals surface area contributed by atoms with E-state index in [0.717, 1.165) is 12.4 Å². The Labute approximate surface area is 399 Å². The molecule has 0 amide bonds. The Morgan fingerprint density at radius 2 is 1.07 bits per heavy atom. The maximum absolute atomic E-state index is 14.2. The van der Waals surface area contributed by atoms with Crippen LogP contribution in [0.25, 0.3) is 0 Å². The SMILES string of the molecule is C.C.Cc1noc(COc2ccc(Nc3nc(Cl)ncc3F)cc2)n1.Cc1noc(COc2ccc(Nc3nc(Nc4cccc(S(N)(=O)=O)c4)ncc3F)cc2)n1.Nc1cccc(S(N)(=O)=O)c1. The summed E-state index contributed by atoms with van der Waals surface area (Å²) in [6.07, 6.45) is 1.99. The molecule has 27 heteroatoms. The monoisotopic (exact) mass is 1010 g/mol. The molecule has 0 saturated heterocycles. The molecule has 8 rings (SSSR count). The summed E-state index contributed by atoms with van der Waals surface area (Å²) in [6.45, 7) is 3.73. The third-order valence-electron chi connectivity index (χ3n) is 8.16. The molecule has 0 spiro atoms. The Bertz CT molecular complexity index is 3170. The molecule has 0 aliphatic carbocycles. The number of aryl methyl sites for hydroxylation is 2. The predicted molar refractivity (Wildman–Crippen MR) is 252 cm³/mol. The summed E-state index contributed by atoms with van der Waals surface area (Å²) in [6, 6.07) is 25.2. The number of anilines is 7. The molecular weight excluding hydrogens is 966 g/mol.